The lowest BCUT2D eigenvalue weighted by Gasteiger charge is -2.15. The summed E-state index contributed by atoms with van der Waals surface area (Å²) in [5.74, 6) is 0.294. The van der Waals surface area contributed by atoms with Gasteiger partial charge in [0.1, 0.15) is 6.61 Å². The van der Waals surface area contributed by atoms with Crippen LogP contribution in [0.2, 0.25) is 0 Å². The zero-order valence-electron chi connectivity index (χ0n) is 24.9. The average Bonchev–Trinajstić information content (AvgIpc) is 3.75. The largest absolute Gasteiger partial charge is 0.449 e. The molecule has 226 valence electrons. The average molecular weight is 577 g/mol. The first kappa shape index (κ1) is 31.1. The van der Waals surface area contributed by atoms with E-state index in [4.69, 9.17) is 4.74 Å². The molecule has 0 heterocycles. The quantitative estimate of drug-likeness (QED) is 0.197. The molecule has 0 radical (unpaired) electrons. The molecule has 0 aromatic heterocycles. The van der Waals surface area contributed by atoms with E-state index in [1.54, 1.807) is 6.07 Å². The van der Waals surface area contributed by atoms with Gasteiger partial charge in [-0.2, -0.15) is 0 Å². The molecule has 4 N–H and O–H groups in total. The second-order valence-electron chi connectivity index (χ2n) is 11.2. The summed E-state index contributed by atoms with van der Waals surface area (Å²) in [6, 6.07) is 11.2. The van der Waals surface area contributed by atoms with Crippen LogP contribution < -0.4 is 21.3 Å². The van der Waals surface area contributed by atoms with Gasteiger partial charge in [-0.25, -0.2) is 4.79 Å². The third kappa shape index (κ3) is 8.57. The van der Waals surface area contributed by atoms with Gasteiger partial charge >= 0.3 is 6.09 Å². The first-order valence-corrected chi connectivity index (χ1v) is 15.4. The number of fused-ring (bicyclic) bond motifs is 3. The van der Waals surface area contributed by atoms with Gasteiger partial charge in [0.25, 0.3) is 5.91 Å². The van der Waals surface area contributed by atoms with Gasteiger partial charge in [-0.3, -0.25) is 14.4 Å². The first-order valence-electron chi connectivity index (χ1n) is 15.4. The van der Waals surface area contributed by atoms with Gasteiger partial charge in [-0.15, -0.1) is 0 Å². The smallest absolute Gasteiger partial charge is 0.407 e. The van der Waals surface area contributed by atoms with Crippen LogP contribution in [0.5, 0.6) is 0 Å². The Balaban J connectivity index is 1.38. The van der Waals surface area contributed by atoms with E-state index in [2.05, 4.69) is 21.3 Å². The van der Waals surface area contributed by atoms with Crippen molar-refractivity contribution in [2.75, 3.05) is 31.6 Å². The Morgan fingerprint density at radius 3 is 2.43 bits per heavy atom. The summed E-state index contributed by atoms with van der Waals surface area (Å²) in [6.07, 6.45) is 7.49. The van der Waals surface area contributed by atoms with E-state index in [0.29, 0.717) is 43.7 Å². The second-order valence-corrected chi connectivity index (χ2v) is 11.2. The number of rotatable bonds is 16. The molecule has 2 aliphatic carbocycles. The summed E-state index contributed by atoms with van der Waals surface area (Å²) in [5.41, 5.74) is 4.67. The van der Waals surface area contributed by atoms with E-state index in [0.717, 1.165) is 47.4 Å². The van der Waals surface area contributed by atoms with Gasteiger partial charge in [0.05, 0.1) is 0 Å². The van der Waals surface area contributed by atoms with E-state index >= 15 is 0 Å². The summed E-state index contributed by atoms with van der Waals surface area (Å²) in [4.78, 5) is 50.0. The molecular formula is C33H44N4O5. The van der Waals surface area contributed by atoms with Crippen LogP contribution in [0.3, 0.4) is 0 Å². The van der Waals surface area contributed by atoms with Crippen LogP contribution in [0.15, 0.2) is 36.4 Å². The van der Waals surface area contributed by atoms with Gasteiger partial charge in [0.2, 0.25) is 11.8 Å². The molecule has 1 fully saturated rings. The van der Waals surface area contributed by atoms with Crippen molar-refractivity contribution in [3.63, 3.8) is 0 Å². The highest BCUT2D eigenvalue weighted by Crippen LogP contribution is 2.47. The monoisotopic (exact) mass is 576 g/mol. The van der Waals surface area contributed by atoms with Gasteiger partial charge in [0, 0.05) is 49.6 Å². The van der Waals surface area contributed by atoms with E-state index in [-0.39, 0.29) is 36.7 Å². The number of hydrogen-bond donors (Lipinski definition) is 4. The molecule has 2 aromatic rings. The molecule has 1 saturated carbocycles. The minimum absolute atomic E-state index is 0.0155. The SMILES string of the molecule is CCCNC(=O)c1cccc2c1-c1ccc(NC(=O)CCCC(=O)NCCCCC3CC3)cc1C2COC(=O)NCC. The summed E-state index contributed by atoms with van der Waals surface area (Å²) in [5, 5.41) is 11.5. The maximum atomic E-state index is 13.0. The lowest BCUT2D eigenvalue weighted by Crippen LogP contribution is -2.26. The molecular weight excluding hydrogens is 532 g/mol. The van der Waals surface area contributed by atoms with Crippen LogP contribution in [-0.2, 0) is 14.3 Å². The Morgan fingerprint density at radius 1 is 0.857 bits per heavy atom. The molecule has 0 saturated heterocycles. The number of anilines is 1. The van der Waals surface area contributed by atoms with Gasteiger partial charge in [0.15, 0.2) is 0 Å². The third-order valence-electron chi connectivity index (χ3n) is 7.80. The number of ether oxygens (including phenoxy) is 1. The predicted molar refractivity (Wildman–Crippen MR) is 163 cm³/mol. The molecule has 2 aliphatic rings. The minimum atomic E-state index is -0.504. The number of carbonyl (C=O) groups is 4. The number of carbonyl (C=O) groups excluding carboxylic acids is 4. The van der Waals surface area contributed by atoms with Crippen LogP contribution >= 0.6 is 0 Å². The summed E-state index contributed by atoms with van der Waals surface area (Å²) >= 11 is 0. The highest BCUT2D eigenvalue weighted by atomic mass is 16.5. The molecule has 9 heteroatoms. The number of unbranched alkanes of at least 4 members (excludes halogenated alkanes) is 1. The molecule has 0 spiro atoms. The van der Waals surface area contributed by atoms with Gasteiger partial charge in [-0.05, 0) is 72.6 Å². The van der Waals surface area contributed by atoms with Crippen LogP contribution in [0.25, 0.3) is 11.1 Å². The zero-order chi connectivity index (χ0) is 29.9. The fourth-order valence-corrected chi connectivity index (χ4v) is 5.46. The van der Waals surface area contributed by atoms with Crippen molar-refractivity contribution in [2.45, 2.75) is 77.6 Å². The van der Waals surface area contributed by atoms with Crippen LogP contribution in [0.4, 0.5) is 10.5 Å². The van der Waals surface area contributed by atoms with Gasteiger partial charge in [-0.1, -0.05) is 50.8 Å². The van der Waals surface area contributed by atoms with Crippen LogP contribution in [0.1, 0.15) is 99.0 Å². The molecule has 2 aromatic carbocycles. The lowest BCUT2D eigenvalue weighted by atomic mass is 9.96. The molecule has 4 amide bonds. The van der Waals surface area contributed by atoms with E-state index in [9.17, 15) is 19.2 Å². The van der Waals surface area contributed by atoms with E-state index in [1.807, 2.05) is 44.2 Å². The highest BCUT2D eigenvalue weighted by molar-refractivity contribution is 6.04. The molecule has 0 aliphatic heterocycles. The number of hydrogen-bond acceptors (Lipinski definition) is 5. The fourth-order valence-electron chi connectivity index (χ4n) is 5.46. The van der Waals surface area contributed by atoms with Crippen molar-refractivity contribution in [1.29, 1.82) is 0 Å². The molecule has 9 nitrogen and oxygen atoms in total. The molecule has 1 unspecified atom stereocenters. The normalized spacial score (nSPS) is 14.9. The van der Waals surface area contributed by atoms with Crippen molar-refractivity contribution >= 4 is 29.5 Å². The molecule has 0 bridgehead atoms. The second kappa shape index (κ2) is 15.4. The standard InChI is InChI=1S/C33H44N4O5/c1-3-18-36-32(40)26-11-7-10-24-28(21-42-33(41)34-4-2)27-20-23(16-17-25(27)31(24)26)37-30(39)13-8-12-29(38)35-19-6-5-9-22-14-15-22/h7,10-11,16-17,20,22,28H,3-6,8-9,12-15,18-19,21H2,1-2H3,(H,34,41)(H,35,38)(H,36,40)(H,37,39). The highest BCUT2D eigenvalue weighted by Gasteiger charge is 2.33. The number of benzene rings is 2. The number of alkyl carbamates (subject to hydrolysis) is 1. The van der Waals surface area contributed by atoms with Crippen molar-refractivity contribution in [1.82, 2.24) is 16.0 Å². The summed E-state index contributed by atoms with van der Waals surface area (Å²) in [6.45, 7) is 5.65. The number of nitrogens with one attached hydrogen (secondary N) is 4. The van der Waals surface area contributed by atoms with Crippen LogP contribution in [-0.4, -0.2) is 50.1 Å². The Labute approximate surface area is 248 Å². The van der Waals surface area contributed by atoms with Crippen LogP contribution in [0, 0.1) is 5.92 Å². The maximum Gasteiger partial charge on any atom is 0.407 e. The first-order chi connectivity index (χ1) is 20.4. The number of amides is 4. The topological polar surface area (TPSA) is 126 Å². The molecule has 42 heavy (non-hydrogen) atoms. The zero-order valence-corrected chi connectivity index (χ0v) is 24.9. The van der Waals surface area contributed by atoms with Crippen molar-refractivity contribution in [3.8, 4) is 11.1 Å². The van der Waals surface area contributed by atoms with Gasteiger partial charge < -0.3 is 26.0 Å². The fraction of sp³-hybridized carbons (Fsp3) is 0.515. The molecule has 4 rings (SSSR count). The molecule has 1 atom stereocenters. The lowest BCUT2D eigenvalue weighted by molar-refractivity contribution is -0.121. The van der Waals surface area contributed by atoms with Crippen molar-refractivity contribution < 1.29 is 23.9 Å². The van der Waals surface area contributed by atoms with E-state index < -0.39 is 6.09 Å². The Hall–Kier alpha value is -3.88. The Morgan fingerprint density at radius 2 is 1.67 bits per heavy atom. The van der Waals surface area contributed by atoms with Crippen molar-refractivity contribution in [3.05, 3.63) is 53.1 Å². The maximum absolute atomic E-state index is 13.0. The predicted octanol–water partition coefficient (Wildman–Crippen LogP) is 5.49. The Kier molecular flexibility index (Phi) is 11.4. The third-order valence-corrected chi connectivity index (χ3v) is 7.80. The minimum Gasteiger partial charge on any atom is -0.449 e. The van der Waals surface area contributed by atoms with E-state index in [1.165, 1.54) is 19.3 Å². The van der Waals surface area contributed by atoms with Crippen molar-refractivity contribution in [2.24, 2.45) is 5.92 Å². The Bertz CT molecular complexity index is 1270. The summed E-state index contributed by atoms with van der Waals surface area (Å²) in [7, 11) is 0. The summed E-state index contributed by atoms with van der Waals surface area (Å²) < 4.78 is 5.52.